The minimum atomic E-state index is 0.512. The molecule has 1 aliphatic heterocycles. The van der Waals surface area contributed by atoms with E-state index in [1.54, 1.807) is 0 Å². The molecule has 0 spiro atoms. The molecule has 1 saturated heterocycles. The van der Waals surface area contributed by atoms with Crippen LogP contribution < -0.4 is 5.32 Å². The first kappa shape index (κ1) is 13.7. The summed E-state index contributed by atoms with van der Waals surface area (Å²) in [5, 5.41) is 11.7. The van der Waals surface area contributed by atoms with Gasteiger partial charge in [0, 0.05) is 35.7 Å². The predicted molar refractivity (Wildman–Crippen MR) is 80.2 cm³/mol. The number of piperazine rings is 1. The van der Waals surface area contributed by atoms with Crippen LogP contribution in [0.15, 0.2) is 33.2 Å². The van der Waals surface area contributed by atoms with Crippen molar-refractivity contribution in [2.75, 3.05) is 19.6 Å². The van der Waals surface area contributed by atoms with E-state index in [-0.39, 0.29) is 0 Å². The third kappa shape index (κ3) is 3.26. The van der Waals surface area contributed by atoms with E-state index in [0.717, 1.165) is 36.2 Å². The second kappa shape index (κ2) is 6.03. The number of nitrogens with one attached hydrogen (secondary N) is 1. The largest absolute Gasteiger partial charge is 0.419 e. The Labute approximate surface area is 126 Å². The van der Waals surface area contributed by atoms with E-state index in [2.05, 4.69) is 43.3 Å². The van der Waals surface area contributed by atoms with Gasteiger partial charge in [-0.05, 0) is 31.2 Å². The molecule has 1 aromatic heterocycles. The van der Waals surface area contributed by atoms with Gasteiger partial charge in [-0.2, -0.15) is 0 Å². The summed E-state index contributed by atoms with van der Waals surface area (Å²) in [4.78, 5) is 2.33. The summed E-state index contributed by atoms with van der Waals surface area (Å²) in [7, 11) is 0. The Hall–Kier alpha value is -1.24. The lowest BCUT2D eigenvalue weighted by Crippen LogP contribution is -2.48. The molecule has 0 aliphatic carbocycles. The number of nitrogens with zero attached hydrogens (tertiary/aromatic N) is 3. The lowest BCUT2D eigenvalue weighted by Gasteiger charge is -2.30. The summed E-state index contributed by atoms with van der Waals surface area (Å²) in [6.45, 7) is 5.94. The first-order chi connectivity index (χ1) is 9.70. The maximum absolute atomic E-state index is 5.75. The Morgan fingerprint density at radius 3 is 2.90 bits per heavy atom. The number of aromatic nitrogens is 2. The minimum absolute atomic E-state index is 0.512. The van der Waals surface area contributed by atoms with Crippen molar-refractivity contribution in [3.05, 3.63) is 34.6 Å². The topological polar surface area (TPSA) is 54.2 Å². The lowest BCUT2D eigenvalue weighted by atomic mass is 10.2. The molecule has 106 valence electrons. The summed E-state index contributed by atoms with van der Waals surface area (Å²) in [6.07, 6.45) is 0. The molecule has 1 aliphatic rings. The summed E-state index contributed by atoms with van der Waals surface area (Å²) >= 11 is 3.42. The molecule has 3 rings (SSSR count). The molecule has 0 radical (unpaired) electrons. The Morgan fingerprint density at radius 1 is 1.35 bits per heavy atom. The van der Waals surface area contributed by atoms with Gasteiger partial charge < -0.3 is 9.73 Å². The lowest BCUT2D eigenvalue weighted by molar-refractivity contribution is 0.184. The van der Waals surface area contributed by atoms with Gasteiger partial charge in [0.15, 0.2) is 0 Å². The normalized spacial score (nSPS) is 20.2. The van der Waals surface area contributed by atoms with Crippen LogP contribution in [0.1, 0.15) is 12.8 Å². The second-order valence-electron chi connectivity index (χ2n) is 5.10. The van der Waals surface area contributed by atoms with Crippen LogP contribution in [0.3, 0.4) is 0 Å². The van der Waals surface area contributed by atoms with E-state index in [0.29, 0.717) is 17.8 Å². The fraction of sp³-hybridized carbons (Fsp3) is 0.429. The second-order valence-corrected chi connectivity index (χ2v) is 6.01. The average Bonchev–Trinajstić information content (AvgIpc) is 2.88. The molecule has 20 heavy (non-hydrogen) atoms. The fourth-order valence-corrected chi connectivity index (χ4v) is 2.64. The maximum Gasteiger partial charge on any atom is 0.247 e. The van der Waals surface area contributed by atoms with E-state index in [1.807, 2.05) is 24.3 Å². The Morgan fingerprint density at radius 2 is 2.15 bits per heavy atom. The molecule has 5 nitrogen and oxygen atoms in total. The van der Waals surface area contributed by atoms with Crippen molar-refractivity contribution in [2.45, 2.75) is 19.5 Å². The SMILES string of the molecule is CC1CN(Cc2nnc(-c3ccc(Br)cc3)o2)CCN1. The van der Waals surface area contributed by atoms with Crippen LogP contribution in [0.5, 0.6) is 0 Å². The molecule has 1 unspecified atom stereocenters. The van der Waals surface area contributed by atoms with Crippen molar-refractivity contribution in [3.63, 3.8) is 0 Å². The van der Waals surface area contributed by atoms with Gasteiger partial charge in [-0.3, -0.25) is 4.90 Å². The summed E-state index contributed by atoms with van der Waals surface area (Å²) in [6, 6.07) is 8.38. The van der Waals surface area contributed by atoms with Gasteiger partial charge in [0.05, 0.1) is 6.54 Å². The quantitative estimate of drug-likeness (QED) is 0.931. The first-order valence-corrected chi connectivity index (χ1v) is 7.54. The van der Waals surface area contributed by atoms with Gasteiger partial charge in [0.2, 0.25) is 11.8 Å². The molecule has 1 atom stereocenters. The Bertz CT molecular complexity index is 569. The third-order valence-electron chi connectivity index (χ3n) is 3.37. The van der Waals surface area contributed by atoms with Crippen molar-refractivity contribution in [1.82, 2.24) is 20.4 Å². The first-order valence-electron chi connectivity index (χ1n) is 6.75. The molecule has 1 aromatic carbocycles. The zero-order valence-corrected chi connectivity index (χ0v) is 12.9. The van der Waals surface area contributed by atoms with Gasteiger partial charge in [-0.25, -0.2) is 0 Å². The molecule has 6 heteroatoms. The highest BCUT2D eigenvalue weighted by Crippen LogP contribution is 2.21. The highest BCUT2D eigenvalue weighted by molar-refractivity contribution is 9.10. The number of halogens is 1. The van der Waals surface area contributed by atoms with Crippen molar-refractivity contribution in [1.29, 1.82) is 0 Å². The summed E-state index contributed by atoms with van der Waals surface area (Å²) < 4.78 is 6.79. The van der Waals surface area contributed by atoms with Gasteiger partial charge >= 0.3 is 0 Å². The standard InChI is InChI=1S/C14H17BrN4O/c1-10-8-19(7-6-16-10)9-13-17-18-14(20-13)11-2-4-12(15)5-3-11/h2-5,10,16H,6-9H2,1H3. The molecule has 0 bridgehead atoms. The number of hydrogen-bond acceptors (Lipinski definition) is 5. The van der Waals surface area contributed by atoms with Crippen LogP contribution in [-0.2, 0) is 6.54 Å². The van der Waals surface area contributed by atoms with Crippen molar-refractivity contribution >= 4 is 15.9 Å². The average molecular weight is 337 g/mol. The monoisotopic (exact) mass is 336 g/mol. The molecule has 0 saturated carbocycles. The molecule has 1 N–H and O–H groups in total. The van der Waals surface area contributed by atoms with E-state index in [9.17, 15) is 0 Å². The fourth-order valence-electron chi connectivity index (χ4n) is 2.37. The van der Waals surface area contributed by atoms with Crippen LogP contribution >= 0.6 is 15.9 Å². The number of hydrogen-bond donors (Lipinski definition) is 1. The zero-order valence-electron chi connectivity index (χ0n) is 11.3. The minimum Gasteiger partial charge on any atom is -0.419 e. The molecule has 1 fully saturated rings. The van der Waals surface area contributed by atoms with Crippen molar-refractivity contribution in [2.24, 2.45) is 0 Å². The predicted octanol–water partition coefficient (Wildman–Crippen LogP) is 2.29. The van der Waals surface area contributed by atoms with Gasteiger partial charge in [-0.15, -0.1) is 10.2 Å². The van der Waals surface area contributed by atoms with Crippen LogP contribution in [-0.4, -0.2) is 40.8 Å². The van der Waals surface area contributed by atoms with E-state index in [1.165, 1.54) is 0 Å². The van der Waals surface area contributed by atoms with Crippen LogP contribution in [0.2, 0.25) is 0 Å². The highest BCUT2D eigenvalue weighted by atomic mass is 79.9. The van der Waals surface area contributed by atoms with Gasteiger partial charge in [0.25, 0.3) is 0 Å². The molecule has 2 heterocycles. The zero-order chi connectivity index (χ0) is 13.9. The van der Waals surface area contributed by atoms with Crippen LogP contribution in [0, 0.1) is 0 Å². The van der Waals surface area contributed by atoms with Crippen LogP contribution in [0.4, 0.5) is 0 Å². The van der Waals surface area contributed by atoms with Crippen LogP contribution in [0.25, 0.3) is 11.5 Å². The number of rotatable bonds is 3. The Kier molecular flexibility index (Phi) is 4.14. The summed E-state index contributed by atoms with van der Waals surface area (Å²) in [5.41, 5.74) is 0.945. The van der Waals surface area contributed by atoms with Gasteiger partial charge in [0.1, 0.15) is 0 Å². The molecule has 2 aromatic rings. The van der Waals surface area contributed by atoms with Crippen molar-refractivity contribution in [3.8, 4) is 11.5 Å². The van der Waals surface area contributed by atoms with Crippen molar-refractivity contribution < 1.29 is 4.42 Å². The summed E-state index contributed by atoms with van der Waals surface area (Å²) in [5.74, 6) is 1.26. The van der Waals surface area contributed by atoms with E-state index >= 15 is 0 Å². The third-order valence-corrected chi connectivity index (χ3v) is 3.90. The van der Waals surface area contributed by atoms with Gasteiger partial charge in [-0.1, -0.05) is 15.9 Å². The molecular formula is C14H17BrN4O. The smallest absolute Gasteiger partial charge is 0.247 e. The molecule has 0 amide bonds. The van der Waals surface area contributed by atoms with E-state index < -0.39 is 0 Å². The Balaban J connectivity index is 1.69. The van der Waals surface area contributed by atoms with E-state index in [4.69, 9.17) is 4.42 Å². The maximum atomic E-state index is 5.75. The highest BCUT2D eigenvalue weighted by Gasteiger charge is 2.18. The molecular weight excluding hydrogens is 320 g/mol. The number of benzene rings is 1.